The lowest BCUT2D eigenvalue weighted by atomic mass is 9.95. The first-order valence-electron chi connectivity index (χ1n) is 11.8. The number of carbonyl (C=O) groups excluding carboxylic acids is 1. The van der Waals surface area contributed by atoms with Crippen molar-refractivity contribution in [2.45, 2.75) is 132 Å². The van der Waals surface area contributed by atoms with E-state index in [2.05, 4.69) is 53.4 Å². The highest BCUT2D eigenvalue weighted by Crippen LogP contribution is 2.32. The van der Waals surface area contributed by atoms with E-state index in [1.165, 1.54) is 58.0 Å². The Labute approximate surface area is 172 Å². The van der Waals surface area contributed by atoms with Gasteiger partial charge in [0.15, 0.2) is 0 Å². The maximum Gasteiger partial charge on any atom is 0.219 e. The second-order valence-corrected chi connectivity index (χ2v) is 8.27. The predicted octanol–water partition coefficient (Wildman–Crippen LogP) is 6.90. The lowest BCUT2D eigenvalue weighted by Crippen LogP contribution is -2.43. The molecule has 164 valence electrons. The Hall–Kier alpha value is -0.570. The average Bonchev–Trinajstić information content (AvgIpc) is 3.23. The molecule has 3 heteroatoms. The van der Waals surface area contributed by atoms with Crippen molar-refractivity contribution in [1.29, 1.82) is 0 Å². The van der Waals surface area contributed by atoms with Gasteiger partial charge in [-0.3, -0.25) is 9.69 Å². The number of amides is 1. The number of hydrogen-bond acceptors (Lipinski definition) is 2. The van der Waals surface area contributed by atoms with Gasteiger partial charge >= 0.3 is 0 Å². The highest BCUT2D eigenvalue weighted by molar-refractivity contribution is 5.74. The maximum atomic E-state index is 11.1. The Morgan fingerprint density at radius 2 is 1.30 bits per heavy atom. The minimum absolute atomic E-state index is 0.159. The van der Waals surface area contributed by atoms with E-state index in [1.807, 2.05) is 18.7 Å². The molecule has 0 spiro atoms. The number of likely N-dealkylation sites (tertiary alicyclic amines) is 2. The summed E-state index contributed by atoms with van der Waals surface area (Å²) in [6.07, 6.45) is 10.1. The molecule has 0 aliphatic carbocycles. The molecule has 2 aliphatic heterocycles. The van der Waals surface area contributed by atoms with E-state index in [1.54, 1.807) is 6.92 Å². The normalized spacial score (nSPS) is 27.0. The number of rotatable bonds is 4. The van der Waals surface area contributed by atoms with Crippen molar-refractivity contribution >= 4 is 5.91 Å². The van der Waals surface area contributed by atoms with Gasteiger partial charge in [-0.15, -0.1) is 0 Å². The Morgan fingerprint density at radius 1 is 0.852 bits per heavy atom. The van der Waals surface area contributed by atoms with Gasteiger partial charge < -0.3 is 4.90 Å². The average molecular weight is 385 g/mol. The van der Waals surface area contributed by atoms with Gasteiger partial charge in [0.05, 0.1) is 0 Å². The molecule has 0 bridgehead atoms. The quantitative estimate of drug-likeness (QED) is 0.526. The molecule has 0 saturated carbocycles. The predicted molar refractivity (Wildman–Crippen MR) is 122 cm³/mol. The lowest BCUT2D eigenvalue weighted by Gasteiger charge is -2.34. The van der Waals surface area contributed by atoms with E-state index in [4.69, 9.17) is 0 Å². The fourth-order valence-electron chi connectivity index (χ4n) is 4.06. The summed E-state index contributed by atoms with van der Waals surface area (Å²) >= 11 is 0. The zero-order valence-electron chi connectivity index (χ0n) is 20.6. The van der Waals surface area contributed by atoms with Gasteiger partial charge in [0.2, 0.25) is 5.91 Å². The Bertz CT molecular complexity index is 371. The first-order chi connectivity index (χ1) is 12.7. The third-order valence-corrected chi connectivity index (χ3v) is 6.05. The van der Waals surface area contributed by atoms with Crippen LogP contribution >= 0.6 is 0 Å². The molecule has 2 rings (SSSR count). The second-order valence-electron chi connectivity index (χ2n) is 8.27. The molecule has 2 atom stereocenters. The van der Waals surface area contributed by atoms with Crippen LogP contribution in [0.2, 0.25) is 0 Å². The van der Waals surface area contributed by atoms with Crippen molar-refractivity contribution in [2.24, 2.45) is 0 Å². The van der Waals surface area contributed by atoms with Crippen LogP contribution in [-0.2, 0) is 4.79 Å². The molecule has 0 radical (unpaired) electrons. The topological polar surface area (TPSA) is 23.6 Å². The summed E-state index contributed by atoms with van der Waals surface area (Å²) in [6.45, 7) is 24.8. The summed E-state index contributed by atoms with van der Waals surface area (Å²) < 4.78 is 0. The van der Waals surface area contributed by atoms with Crippen LogP contribution in [0.3, 0.4) is 0 Å². The summed E-state index contributed by atoms with van der Waals surface area (Å²) in [4.78, 5) is 15.8. The fraction of sp³-hybridized carbons (Fsp3) is 0.958. The monoisotopic (exact) mass is 384 g/mol. The van der Waals surface area contributed by atoms with Crippen LogP contribution in [0.4, 0.5) is 0 Å². The molecule has 0 N–H and O–H groups in total. The third-order valence-electron chi connectivity index (χ3n) is 6.05. The van der Waals surface area contributed by atoms with Crippen LogP contribution < -0.4 is 0 Å². The standard InChI is InChI=1S/C10H21N.C9H17NO.C3H8.C2H6/c1-4-8-11-9-6-7-10(11,3)5-2;1-4-9(3)6-5-7-10(9)8(2)11;1-3-2;1-2/h4-9H2,1-3H3;4-7H2,1-3H3;3H2,1-2H3;1-2H3. The van der Waals surface area contributed by atoms with E-state index in [0.29, 0.717) is 5.54 Å². The molecule has 3 nitrogen and oxygen atoms in total. The Morgan fingerprint density at radius 3 is 1.67 bits per heavy atom. The fourth-order valence-corrected chi connectivity index (χ4v) is 4.06. The third kappa shape index (κ3) is 9.45. The van der Waals surface area contributed by atoms with Gasteiger partial charge in [-0.1, -0.05) is 54.9 Å². The first kappa shape index (κ1) is 28.6. The van der Waals surface area contributed by atoms with Crippen molar-refractivity contribution in [3.05, 3.63) is 0 Å². The maximum absolute atomic E-state index is 11.1. The molecule has 2 unspecified atom stereocenters. The molecule has 27 heavy (non-hydrogen) atoms. The van der Waals surface area contributed by atoms with Crippen molar-refractivity contribution in [2.75, 3.05) is 19.6 Å². The molecule has 2 aliphatic rings. The van der Waals surface area contributed by atoms with Gasteiger partial charge in [0.1, 0.15) is 0 Å². The first-order valence-corrected chi connectivity index (χ1v) is 11.8. The summed E-state index contributed by atoms with van der Waals surface area (Å²) in [5, 5.41) is 0. The molecule has 0 aromatic heterocycles. The van der Waals surface area contributed by atoms with Gasteiger partial charge in [-0.2, -0.15) is 0 Å². The SMILES string of the molecule is CC.CCC.CCC1(C)CCCN1C(C)=O.CCCN1CCCC1(C)CC. The molecular formula is C24H52N2O. The van der Waals surface area contributed by atoms with Crippen molar-refractivity contribution in [3.63, 3.8) is 0 Å². The molecule has 2 fully saturated rings. The molecule has 1 amide bonds. The Balaban J connectivity index is 0. The van der Waals surface area contributed by atoms with E-state index in [0.717, 1.165) is 13.0 Å². The zero-order valence-corrected chi connectivity index (χ0v) is 20.6. The van der Waals surface area contributed by atoms with E-state index >= 15 is 0 Å². The smallest absolute Gasteiger partial charge is 0.219 e. The highest BCUT2D eigenvalue weighted by Gasteiger charge is 2.36. The summed E-state index contributed by atoms with van der Waals surface area (Å²) in [5.74, 6) is 0.229. The second kappa shape index (κ2) is 15.4. The number of nitrogens with zero attached hydrogens (tertiary/aromatic N) is 2. The molecule has 0 aromatic carbocycles. The zero-order chi connectivity index (χ0) is 21.5. The largest absolute Gasteiger partial charge is 0.338 e. The van der Waals surface area contributed by atoms with Crippen LogP contribution in [0.15, 0.2) is 0 Å². The molecule has 2 saturated heterocycles. The van der Waals surface area contributed by atoms with Crippen LogP contribution in [0.1, 0.15) is 121 Å². The Kier molecular flexibility index (Phi) is 16.3. The van der Waals surface area contributed by atoms with Crippen molar-refractivity contribution < 1.29 is 4.79 Å². The number of hydrogen-bond donors (Lipinski definition) is 0. The number of carbonyl (C=O) groups is 1. The van der Waals surface area contributed by atoms with E-state index in [9.17, 15) is 4.79 Å². The van der Waals surface area contributed by atoms with E-state index < -0.39 is 0 Å². The summed E-state index contributed by atoms with van der Waals surface area (Å²) in [7, 11) is 0. The molecular weight excluding hydrogens is 332 g/mol. The minimum Gasteiger partial charge on any atom is -0.338 e. The van der Waals surface area contributed by atoms with Crippen molar-refractivity contribution in [1.82, 2.24) is 9.80 Å². The highest BCUT2D eigenvalue weighted by atomic mass is 16.2. The summed E-state index contributed by atoms with van der Waals surface area (Å²) in [5.41, 5.74) is 0.696. The molecule has 0 aromatic rings. The lowest BCUT2D eigenvalue weighted by molar-refractivity contribution is -0.132. The van der Waals surface area contributed by atoms with Crippen LogP contribution in [0.25, 0.3) is 0 Å². The van der Waals surface area contributed by atoms with Gasteiger partial charge in [-0.25, -0.2) is 0 Å². The van der Waals surface area contributed by atoms with Crippen LogP contribution in [-0.4, -0.2) is 46.4 Å². The minimum atomic E-state index is 0.159. The van der Waals surface area contributed by atoms with Gasteiger partial charge in [-0.05, 0) is 71.9 Å². The molecule has 2 heterocycles. The van der Waals surface area contributed by atoms with Crippen molar-refractivity contribution in [3.8, 4) is 0 Å². The van der Waals surface area contributed by atoms with E-state index in [-0.39, 0.29) is 11.4 Å². The van der Waals surface area contributed by atoms with Gasteiger partial charge in [0, 0.05) is 24.5 Å². The van der Waals surface area contributed by atoms with Crippen LogP contribution in [0, 0.1) is 0 Å². The van der Waals surface area contributed by atoms with Gasteiger partial charge in [0.25, 0.3) is 0 Å². The van der Waals surface area contributed by atoms with Crippen LogP contribution in [0.5, 0.6) is 0 Å². The summed E-state index contributed by atoms with van der Waals surface area (Å²) in [6, 6.07) is 0.